The number of nitrogens with zero attached hydrogens (tertiary/aromatic N) is 1. The molecule has 0 saturated heterocycles. The zero-order valence-electron chi connectivity index (χ0n) is 13.1. The van der Waals surface area contributed by atoms with Crippen molar-refractivity contribution in [2.24, 2.45) is 0 Å². The standard InChI is InChI=1S/C17H20FN3O2/c1-3-19-17(23)13-6-9-15(20-10-13)21-11(2)16(22)12-4-7-14(18)8-5-12/h4-11,16,22H,3H2,1-2H3,(H,19,23)(H,20,21)/t11-,16+/m0/s1. The van der Waals surface area contributed by atoms with E-state index in [2.05, 4.69) is 15.6 Å². The second-order valence-electron chi connectivity index (χ2n) is 5.22. The number of halogens is 1. The van der Waals surface area contributed by atoms with Gasteiger partial charge in [0.1, 0.15) is 11.6 Å². The van der Waals surface area contributed by atoms with Crippen LogP contribution >= 0.6 is 0 Å². The van der Waals surface area contributed by atoms with Crippen LogP contribution in [0, 0.1) is 5.82 Å². The highest BCUT2D eigenvalue weighted by Crippen LogP contribution is 2.20. The minimum absolute atomic E-state index is 0.175. The summed E-state index contributed by atoms with van der Waals surface area (Å²) in [6.07, 6.45) is 0.671. The van der Waals surface area contributed by atoms with Gasteiger partial charge in [-0.05, 0) is 43.7 Å². The molecular formula is C17H20FN3O2. The number of benzene rings is 1. The maximum atomic E-state index is 12.9. The lowest BCUT2D eigenvalue weighted by Crippen LogP contribution is -2.25. The molecule has 0 aliphatic carbocycles. The molecule has 23 heavy (non-hydrogen) atoms. The molecule has 2 rings (SSSR count). The van der Waals surface area contributed by atoms with Gasteiger partial charge in [-0.2, -0.15) is 0 Å². The van der Waals surface area contributed by atoms with Crippen LogP contribution in [0.3, 0.4) is 0 Å². The minimum Gasteiger partial charge on any atom is -0.386 e. The lowest BCUT2D eigenvalue weighted by atomic mass is 10.0. The zero-order chi connectivity index (χ0) is 16.8. The van der Waals surface area contributed by atoms with E-state index < -0.39 is 6.10 Å². The van der Waals surface area contributed by atoms with Gasteiger partial charge in [0, 0.05) is 12.7 Å². The van der Waals surface area contributed by atoms with Crippen molar-refractivity contribution in [1.82, 2.24) is 10.3 Å². The summed E-state index contributed by atoms with van der Waals surface area (Å²) in [5.41, 5.74) is 1.09. The van der Waals surface area contributed by atoms with Crippen molar-refractivity contribution in [3.05, 3.63) is 59.5 Å². The minimum atomic E-state index is -0.805. The van der Waals surface area contributed by atoms with E-state index >= 15 is 0 Å². The number of aliphatic hydroxyl groups excluding tert-OH is 1. The summed E-state index contributed by atoms with van der Waals surface area (Å²) in [4.78, 5) is 15.8. The molecule has 0 unspecified atom stereocenters. The summed E-state index contributed by atoms with van der Waals surface area (Å²) in [5, 5.41) is 16.0. The monoisotopic (exact) mass is 317 g/mol. The second-order valence-corrected chi connectivity index (χ2v) is 5.22. The fraction of sp³-hybridized carbons (Fsp3) is 0.294. The van der Waals surface area contributed by atoms with E-state index in [9.17, 15) is 14.3 Å². The van der Waals surface area contributed by atoms with Gasteiger partial charge in [-0.15, -0.1) is 0 Å². The molecule has 3 N–H and O–H groups in total. The van der Waals surface area contributed by atoms with E-state index in [-0.39, 0.29) is 17.8 Å². The lowest BCUT2D eigenvalue weighted by molar-refractivity contribution is 0.0955. The van der Waals surface area contributed by atoms with Gasteiger partial charge < -0.3 is 15.7 Å². The normalized spacial score (nSPS) is 13.2. The maximum absolute atomic E-state index is 12.9. The first-order valence-corrected chi connectivity index (χ1v) is 7.45. The smallest absolute Gasteiger partial charge is 0.252 e. The molecule has 6 heteroatoms. The van der Waals surface area contributed by atoms with E-state index in [0.29, 0.717) is 23.5 Å². The third-order valence-electron chi connectivity index (χ3n) is 3.42. The van der Waals surface area contributed by atoms with Crippen molar-refractivity contribution in [3.8, 4) is 0 Å². The lowest BCUT2D eigenvalue weighted by Gasteiger charge is -2.21. The van der Waals surface area contributed by atoms with Gasteiger partial charge in [0.15, 0.2) is 0 Å². The molecule has 0 aliphatic heterocycles. The predicted octanol–water partition coefficient (Wildman–Crippen LogP) is 2.50. The fourth-order valence-corrected chi connectivity index (χ4v) is 2.14. The summed E-state index contributed by atoms with van der Waals surface area (Å²) in [7, 11) is 0. The van der Waals surface area contributed by atoms with Crippen LogP contribution in [0.1, 0.15) is 35.9 Å². The molecule has 2 aromatic rings. The molecular weight excluding hydrogens is 297 g/mol. The highest BCUT2D eigenvalue weighted by Gasteiger charge is 2.17. The van der Waals surface area contributed by atoms with Crippen LogP contribution in [-0.2, 0) is 0 Å². The number of hydrogen-bond donors (Lipinski definition) is 3. The van der Waals surface area contributed by atoms with Crippen LogP contribution < -0.4 is 10.6 Å². The Morgan fingerprint density at radius 1 is 1.26 bits per heavy atom. The fourth-order valence-electron chi connectivity index (χ4n) is 2.14. The topological polar surface area (TPSA) is 74.2 Å². The molecule has 0 fully saturated rings. The number of amides is 1. The number of rotatable bonds is 6. The predicted molar refractivity (Wildman–Crippen MR) is 86.7 cm³/mol. The number of aliphatic hydroxyl groups is 1. The summed E-state index contributed by atoms with van der Waals surface area (Å²) in [6, 6.07) is 8.72. The van der Waals surface area contributed by atoms with Crippen molar-refractivity contribution in [2.45, 2.75) is 26.0 Å². The molecule has 0 radical (unpaired) electrons. The van der Waals surface area contributed by atoms with Crippen LogP contribution in [0.2, 0.25) is 0 Å². The number of pyridine rings is 1. The molecule has 5 nitrogen and oxygen atoms in total. The van der Waals surface area contributed by atoms with E-state index in [1.54, 1.807) is 31.2 Å². The Balaban J connectivity index is 2.00. The van der Waals surface area contributed by atoms with Crippen LogP contribution in [0.15, 0.2) is 42.6 Å². The van der Waals surface area contributed by atoms with Crippen molar-refractivity contribution in [3.63, 3.8) is 0 Å². The van der Waals surface area contributed by atoms with Crippen LogP contribution in [0.5, 0.6) is 0 Å². The average molecular weight is 317 g/mol. The highest BCUT2D eigenvalue weighted by atomic mass is 19.1. The quantitative estimate of drug-likeness (QED) is 0.765. The Morgan fingerprint density at radius 3 is 2.52 bits per heavy atom. The molecule has 0 saturated carbocycles. The zero-order valence-corrected chi connectivity index (χ0v) is 13.1. The molecule has 2 atom stereocenters. The molecule has 1 aromatic heterocycles. The average Bonchev–Trinajstić information content (AvgIpc) is 2.55. The molecule has 0 bridgehead atoms. The molecule has 1 amide bonds. The third-order valence-corrected chi connectivity index (χ3v) is 3.42. The Morgan fingerprint density at radius 2 is 1.96 bits per heavy atom. The first-order chi connectivity index (χ1) is 11.0. The Bertz CT molecular complexity index is 644. The Labute approximate surface area is 134 Å². The molecule has 0 aliphatic rings. The van der Waals surface area contributed by atoms with Gasteiger partial charge in [0.25, 0.3) is 5.91 Å². The second kappa shape index (κ2) is 7.69. The summed E-state index contributed by atoms with van der Waals surface area (Å²) in [6.45, 7) is 4.20. The van der Waals surface area contributed by atoms with Crippen molar-refractivity contribution < 1.29 is 14.3 Å². The summed E-state index contributed by atoms with van der Waals surface area (Å²) in [5.74, 6) is 0.0295. The number of carbonyl (C=O) groups is 1. The SMILES string of the molecule is CCNC(=O)c1ccc(N[C@@H](C)[C@@H](O)c2ccc(F)cc2)nc1. The molecule has 1 aromatic carbocycles. The van der Waals surface area contributed by atoms with Crippen molar-refractivity contribution in [2.75, 3.05) is 11.9 Å². The first-order valence-electron chi connectivity index (χ1n) is 7.45. The highest BCUT2D eigenvalue weighted by molar-refractivity contribution is 5.93. The van der Waals surface area contributed by atoms with E-state index in [0.717, 1.165) is 0 Å². The summed E-state index contributed by atoms with van der Waals surface area (Å²) < 4.78 is 12.9. The number of carbonyl (C=O) groups excluding carboxylic acids is 1. The molecule has 122 valence electrons. The molecule has 1 heterocycles. The number of anilines is 1. The van der Waals surface area contributed by atoms with E-state index in [4.69, 9.17) is 0 Å². The van der Waals surface area contributed by atoms with E-state index in [1.807, 2.05) is 6.92 Å². The first kappa shape index (κ1) is 16.9. The van der Waals surface area contributed by atoms with Crippen LogP contribution in [0.4, 0.5) is 10.2 Å². The molecule has 0 spiro atoms. The van der Waals surface area contributed by atoms with Crippen LogP contribution in [0.25, 0.3) is 0 Å². The number of nitrogens with one attached hydrogen (secondary N) is 2. The Hall–Kier alpha value is -2.47. The Kier molecular flexibility index (Phi) is 5.65. The van der Waals surface area contributed by atoms with Gasteiger partial charge in [-0.3, -0.25) is 4.79 Å². The maximum Gasteiger partial charge on any atom is 0.252 e. The van der Waals surface area contributed by atoms with Crippen molar-refractivity contribution >= 4 is 11.7 Å². The largest absolute Gasteiger partial charge is 0.386 e. The number of hydrogen-bond acceptors (Lipinski definition) is 4. The number of aromatic nitrogens is 1. The van der Waals surface area contributed by atoms with Crippen molar-refractivity contribution in [1.29, 1.82) is 0 Å². The van der Waals surface area contributed by atoms with Crippen LogP contribution in [-0.4, -0.2) is 28.6 Å². The van der Waals surface area contributed by atoms with Gasteiger partial charge in [-0.25, -0.2) is 9.37 Å². The van der Waals surface area contributed by atoms with Gasteiger partial charge in [0.05, 0.1) is 17.7 Å². The third kappa shape index (κ3) is 4.50. The van der Waals surface area contributed by atoms with Gasteiger partial charge in [0.2, 0.25) is 0 Å². The van der Waals surface area contributed by atoms with Gasteiger partial charge >= 0.3 is 0 Å². The van der Waals surface area contributed by atoms with Gasteiger partial charge in [-0.1, -0.05) is 12.1 Å². The van der Waals surface area contributed by atoms with E-state index in [1.165, 1.54) is 18.3 Å². The summed E-state index contributed by atoms with van der Waals surface area (Å²) >= 11 is 0.